The molecule has 4 nitrogen and oxygen atoms in total. The topological polar surface area (TPSA) is 40.6 Å². The van der Waals surface area contributed by atoms with Crippen LogP contribution in [0.1, 0.15) is 6.92 Å². The summed E-state index contributed by atoms with van der Waals surface area (Å²) in [4.78, 5) is 4.03. The number of sulfone groups is 1. The van der Waals surface area contributed by atoms with Crippen molar-refractivity contribution in [2.45, 2.75) is 19.0 Å². The first-order valence-electron chi connectivity index (χ1n) is 6.49. The summed E-state index contributed by atoms with van der Waals surface area (Å²) in [6.07, 6.45) is 0. The average Bonchev–Trinajstić information content (AvgIpc) is 2.80. The molecule has 2 aliphatic heterocycles. The highest BCUT2D eigenvalue weighted by atomic mass is 79.9. The van der Waals surface area contributed by atoms with Crippen LogP contribution >= 0.6 is 28.1 Å². The molecule has 0 bridgehead atoms. The lowest BCUT2D eigenvalue weighted by atomic mass is 10.1. The fraction of sp³-hybridized carbons (Fsp3) is 0.462. The summed E-state index contributed by atoms with van der Waals surface area (Å²) in [7, 11) is -2.97. The van der Waals surface area contributed by atoms with Crippen molar-refractivity contribution in [2.75, 3.05) is 23.0 Å². The Balaban J connectivity index is 2.01. The number of anilines is 1. The summed E-state index contributed by atoms with van der Waals surface area (Å²) in [5, 5.41) is 0.736. The van der Waals surface area contributed by atoms with Gasteiger partial charge in [-0.2, -0.15) is 0 Å². The van der Waals surface area contributed by atoms with E-state index in [1.807, 2.05) is 41.0 Å². The quantitative estimate of drug-likeness (QED) is 0.740. The van der Waals surface area contributed by atoms with Gasteiger partial charge in [-0.05, 0) is 43.4 Å². The fourth-order valence-electron chi connectivity index (χ4n) is 3.05. The fourth-order valence-corrected chi connectivity index (χ4v) is 5.77. The van der Waals surface area contributed by atoms with Gasteiger partial charge in [-0.25, -0.2) is 8.42 Å². The lowest BCUT2D eigenvalue weighted by Gasteiger charge is -2.24. The second-order valence-corrected chi connectivity index (χ2v) is 8.56. The van der Waals surface area contributed by atoms with E-state index in [2.05, 4.69) is 15.9 Å². The number of fused-ring (bicyclic) bond motifs is 1. The summed E-state index contributed by atoms with van der Waals surface area (Å²) in [5.41, 5.74) is 0.959. The molecule has 2 heterocycles. The van der Waals surface area contributed by atoms with Crippen LogP contribution in [0.2, 0.25) is 0 Å². The summed E-state index contributed by atoms with van der Waals surface area (Å²) in [6, 6.07) is 7.76. The number of benzene rings is 1. The van der Waals surface area contributed by atoms with E-state index in [1.54, 1.807) is 0 Å². The molecule has 2 aliphatic rings. The molecule has 3 rings (SSSR count). The van der Waals surface area contributed by atoms with E-state index in [-0.39, 0.29) is 23.6 Å². The Hall–Kier alpha value is -0.660. The van der Waals surface area contributed by atoms with E-state index in [4.69, 9.17) is 12.2 Å². The molecule has 0 saturated carbocycles. The minimum Gasteiger partial charge on any atom is -0.343 e. The van der Waals surface area contributed by atoms with Gasteiger partial charge in [-0.3, -0.25) is 0 Å². The number of nitrogens with zero attached hydrogens (tertiary/aromatic N) is 2. The highest BCUT2D eigenvalue weighted by Gasteiger charge is 2.51. The molecular weight excluding hydrogens is 360 g/mol. The van der Waals surface area contributed by atoms with Crippen LogP contribution in [0.4, 0.5) is 5.69 Å². The molecular formula is C13H15BrN2O2S2. The van der Waals surface area contributed by atoms with E-state index < -0.39 is 9.84 Å². The Bertz CT molecular complexity index is 645. The molecule has 7 heteroatoms. The molecule has 0 radical (unpaired) electrons. The van der Waals surface area contributed by atoms with Gasteiger partial charge in [0, 0.05) is 16.7 Å². The smallest absolute Gasteiger partial charge is 0.176 e. The molecule has 2 fully saturated rings. The largest absolute Gasteiger partial charge is 0.343 e. The monoisotopic (exact) mass is 374 g/mol. The number of hydrogen-bond donors (Lipinski definition) is 0. The summed E-state index contributed by atoms with van der Waals surface area (Å²) < 4.78 is 24.9. The summed E-state index contributed by atoms with van der Waals surface area (Å²) >= 11 is 8.96. The molecule has 2 saturated heterocycles. The maximum absolute atomic E-state index is 11.9. The van der Waals surface area contributed by atoms with Crippen molar-refractivity contribution in [3.05, 3.63) is 28.7 Å². The number of thiocarbonyl (C=S) groups is 1. The van der Waals surface area contributed by atoms with Crippen LogP contribution < -0.4 is 4.90 Å². The number of likely N-dealkylation sites (N-methyl/N-ethyl adjacent to an activating group) is 1. The molecule has 1 aromatic rings. The third kappa shape index (κ3) is 2.25. The Labute approximate surface area is 132 Å². The molecule has 0 aromatic heterocycles. The first-order valence-corrected chi connectivity index (χ1v) is 9.51. The van der Waals surface area contributed by atoms with Crippen molar-refractivity contribution in [3.63, 3.8) is 0 Å². The van der Waals surface area contributed by atoms with Gasteiger partial charge in [0.1, 0.15) is 0 Å². The zero-order valence-electron chi connectivity index (χ0n) is 11.0. The molecule has 0 spiro atoms. The maximum Gasteiger partial charge on any atom is 0.176 e. The maximum atomic E-state index is 11.9. The van der Waals surface area contributed by atoms with Crippen LogP contribution in [0.25, 0.3) is 0 Å². The molecule has 108 valence electrons. The standard InChI is InChI=1S/C13H15BrN2O2S2/c1-2-15-11-7-20(17,18)8-12(11)16(13(15)19)10-5-3-9(14)4-6-10/h3-6,11-12H,2,7-8H2,1H3/t11-,12+/m1/s1. The number of rotatable bonds is 2. The van der Waals surface area contributed by atoms with Crippen LogP contribution in [-0.2, 0) is 9.84 Å². The highest BCUT2D eigenvalue weighted by Crippen LogP contribution is 2.35. The SMILES string of the molecule is CCN1C(=S)N(c2ccc(Br)cc2)[C@H]2CS(=O)(=O)C[C@H]21. The predicted octanol–water partition coefficient (Wildman–Crippen LogP) is 2.04. The molecule has 0 unspecified atom stereocenters. The predicted molar refractivity (Wildman–Crippen MR) is 87.8 cm³/mol. The normalized spacial score (nSPS) is 28.0. The van der Waals surface area contributed by atoms with Gasteiger partial charge >= 0.3 is 0 Å². The van der Waals surface area contributed by atoms with Crippen LogP contribution in [0.15, 0.2) is 28.7 Å². The van der Waals surface area contributed by atoms with Crippen molar-refractivity contribution < 1.29 is 8.42 Å². The van der Waals surface area contributed by atoms with Gasteiger partial charge < -0.3 is 9.80 Å². The second-order valence-electron chi connectivity index (χ2n) is 5.13. The van der Waals surface area contributed by atoms with Gasteiger partial charge in [0.2, 0.25) is 0 Å². The van der Waals surface area contributed by atoms with Gasteiger partial charge in [0.25, 0.3) is 0 Å². The van der Waals surface area contributed by atoms with Gasteiger partial charge in [0.15, 0.2) is 14.9 Å². The first kappa shape index (κ1) is 14.3. The van der Waals surface area contributed by atoms with Crippen molar-refractivity contribution in [1.82, 2.24) is 4.90 Å². The molecule has 0 N–H and O–H groups in total. The van der Waals surface area contributed by atoms with Crippen molar-refractivity contribution in [3.8, 4) is 0 Å². The van der Waals surface area contributed by atoms with Crippen molar-refractivity contribution >= 4 is 48.8 Å². The summed E-state index contributed by atoms with van der Waals surface area (Å²) in [6.45, 7) is 2.75. The molecule has 0 aliphatic carbocycles. The summed E-state index contributed by atoms with van der Waals surface area (Å²) in [5.74, 6) is 0.392. The van der Waals surface area contributed by atoms with E-state index in [0.717, 1.165) is 21.8 Å². The third-order valence-electron chi connectivity index (χ3n) is 3.92. The number of halogens is 1. The average molecular weight is 375 g/mol. The molecule has 1 aromatic carbocycles. The first-order chi connectivity index (χ1) is 9.43. The molecule has 0 amide bonds. The second kappa shape index (κ2) is 4.96. The van der Waals surface area contributed by atoms with Crippen LogP contribution in [0, 0.1) is 0 Å². The van der Waals surface area contributed by atoms with Crippen LogP contribution in [0.5, 0.6) is 0 Å². The zero-order chi connectivity index (χ0) is 14.5. The van der Waals surface area contributed by atoms with Crippen LogP contribution in [0.3, 0.4) is 0 Å². The Kier molecular flexibility index (Phi) is 3.54. The lowest BCUT2D eigenvalue weighted by molar-refractivity contribution is 0.373. The Morgan fingerprint density at radius 1 is 1.25 bits per heavy atom. The molecule has 2 atom stereocenters. The van der Waals surface area contributed by atoms with Gasteiger partial charge in [-0.1, -0.05) is 15.9 Å². The van der Waals surface area contributed by atoms with E-state index in [9.17, 15) is 8.42 Å². The van der Waals surface area contributed by atoms with Gasteiger partial charge in [-0.15, -0.1) is 0 Å². The van der Waals surface area contributed by atoms with Crippen LogP contribution in [-0.4, -0.2) is 48.6 Å². The minimum absolute atomic E-state index is 0.0128. The van der Waals surface area contributed by atoms with E-state index >= 15 is 0 Å². The molecule has 20 heavy (non-hydrogen) atoms. The van der Waals surface area contributed by atoms with Crippen molar-refractivity contribution in [1.29, 1.82) is 0 Å². The van der Waals surface area contributed by atoms with Crippen molar-refractivity contribution in [2.24, 2.45) is 0 Å². The third-order valence-corrected chi connectivity index (χ3v) is 6.58. The van der Waals surface area contributed by atoms with E-state index in [0.29, 0.717) is 0 Å². The van der Waals surface area contributed by atoms with E-state index in [1.165, 1.54) is 0 Å². The Morgan fingerprint density at radius 2 is 1.85 bits per heavy atom. The number of hydrogen-bond acceptors (Lipinski definition) is 3. The minimum atomic E-state index is -2.97. The zero-order valence-corrected chi connectivity index (χ0v) is 14.2. The Morgan fingerprint density at radius 3 is 2.45 bits per heavy atom. The van der Waals surface area contributed by atoms with Gasteiger partial charge in [0.05, 0.1) is 23.6 Å². The lowest BCUT2D eigenvalue weighted by Crippen LogP contribution is -2.37. The highest BCUT2D eigenvalue weighted by molar-refractivity contribution is 9.10.